The second kappa shape index (κ2) is 6.14. The third-order valence-corrected chi connectivity index (χ3v) is 3.29. The topological polar surface area (TPSA) is 30.8 Å². The molecule has 0 bridgehead atoms. The monoisotopic (exact) mass is 265 g/mol. The standard InChI is InChI=1S/C14H16ClNO2/c1-16-9-14(18-15)12-4-3-11-8-13(17-2)6-5-10(11)7-12/h3-7,9,13-14H,8H2,1-2H3. The van der Waals surface area contributed by atoms with E-state index in [1.807, 2.05) is 6.07 Å². The molecule has 0 N–H and O–H groups in total. The zero-order valence-electron chi connectivity index (χ0n) is 10.5. The van der Waals surface area contributed by atoms with Crippen LogP contribution in [-0.4, -0.2) is 26.5 Å². The molecule has 2 unspecified atom stereocenters. The van der Waals surface area contributed by atoms with E-state index < -0.39 is 0 Å². The lowest BCUT2D eigenvalue weighted by Crippen LogP contribution is -2.15. The Hall–Kier alpha value is -1.16. The minimum absolute atomic E-state index is 0.167. The molecule has 0 saturated carbocycles. The van der Waals surface area contributed by atoms with Crippen molar-refractivity contribution < 1.29 is 9.03 Å². The SMILES string of the molecule is CN=CC(OCl)c1ccc2c(c1)C=CC(OC)C2. The van der Waals surface area contributed by atoms with Gasteiger partial charge in [-0.05, 0) is 22.8 Å². The van der Waals surface area contributed by atoms with Crippen molar-refractivity contribution in [3.8, 4) is 0 Å². The Morgan fingerprint density at radius 3 is 3.00 bits per heavy atom. The molecule has 2 rings (SSSR count). The van der Waals surface area contributed by atoms with E-state index in [2.05, 4.69) is 29.3 Å². The fourth-order valence-corrected chi connectivity index (χ4v) is 2.23. The second-order valence-electron chi connectivity index (χ2n) is 4.21. The molecule has 0 radical (unpaired) electrons. The molecule has 1 aliphatic carbocycles. The second-order valence-corrected chi connectivity index (χ2v) is 4.39. The molecule has 96 valence electrons. The van der Waals surface area contributed by atoms with E-state index in [1.54, 1.807) is 20.4 Å². The van der Waals surface area contributed by atoms with Crippen LogP contribution in [0.25, 0.3) is 6.08 Å². The summed E-state index contributed by atoms with van der Waals surface area (Å²) in [6.07, 6.45) is 6.58. The van der Waals surface area contributed by atoms with Crippen LogP contribution in [0.3, 0.4) is 0 Å². The Labute approximate surface area is 112 Å². The van der Waals surface area contributed by atoms with Crippen molar-refractivity contribution in [1.29, 1.82) is 0 Å². The predicted molar refractivity (Wildman–Crippen MR) is 74.1 cm³/mol. The largest absolute Gasteiger partial charge is 0.377 e. The lowest BCUT2D eigenvalue weighted by molar-refractivity contribution is 0.141. The van der Waals surface area contributed by atoms with Crippen LogP contribution in [0, 0.1) is 0 Å². The van der Waals surface area contributed by atoms with Crippen LogP contribution in [0.2, 0.25) is 0 Å². The molecule has 0 aromatic heterocycles. The number of ether oxygens (including phenoxy) is 1. The number of hydrogen-bond donors (Lipinski definition) is 0. The highest BCUT2D eigenvalue weighted by molar-refractivity contribution is 6.08. The summed E-state index contributed by atoms with van der Waals surface area (Å²) < 4.78 is 10.2. The van der Waals surface area contributed by atoms with Crippen molar-refractivity contribution >= 4 is 24.2 Å². The molecule has 0 fully saturated rings. The first-order valence-electron chi connectivity index (χ1n) is 5.82. The highest BCUT2D eigenvalue weighted by atomic mass is 35.5. The number of nitrogens with zero attached hydrogens (tertiary/aromatic N) is 1. The van der Waals surface area contributed by atoms with Crippen LogP contribution in [0.15, 0.2) is 29.3 Å². The van der Waals surface area contributed by atoms with E-state index in [0.717, 1.165) is 12.0 Å². The minimum atomic E-state index is -0.310. The Morgan fingerprint density at radius 1 is 1.50 bits per heavy atom. The number of benzene rings is 1. The minimum Gasteiger partial charge on any atom is -0.377 e. The molecule has 3 nitrogen and oxygen atoms in total. The zero-order chi connectivity index (χ0) is 13.0. The van der Waals surface area contributed by atoms with E-state index in [0.29, 0.717) is 0 Å². The highest BCUT2D eigenvalue weighted by Gasteiger charge is 2.16. The fourth-order valence-electron chi connectivity index (χ4n) is 2.09. The maximum atomic E-state index is 5.48. The van der Waals surface area contributed by atoms with Gasteiger partial charge in [-0.3, -0.25) is 9.28 Å². The first-order valence-corrected chi connectivity index (χ1v) is 6.13. The van der Waals surface area contributed by atoms with Gasteiger partial charge in [-0.2, -0.15) is 0 Å². The smallest absolute Gasteiger partial charge is 0.139 e. The Kier molecular flexibility index (Phi) is 4.53. The molecule has 1 aliphatic rings. The van der Waals surface area contributed by atoms with E-state index >= 15 is 0 Å². The lowest BCUT2D eigenvalue weighted by atomic mass is 9.93. The van der Waals surface area contributed by atoms with Gasteiger partial charge in [-0.15, -0.1) is 0 Å². The number of hydrogen-bond acceptors (Lipinski definition) is 3. The molecule has 18 heavy (non-hydrogen) atoms. The molecule has 1 aromatic carbocycles. The van der Waals surface area contributed by atoms with E-state index in [1.165, 1.54) is 11.1 Å². The van der Waals surface area contributed by atoms with Crippen LogP contribution in [0.1, 0.15) is 22.8 Å². The van der Waals surface area contributed by atoms with Gasteiger partial charge in [0, 0.05) is 26.8 Å². The number of methoxy groups -OCH3 is 1. The molecule has 4 heteroatoms. The van der Waals surface area contributed by atoms with Crippen LogP contribution < -0.4 is 0 Å². The molecular weight excluding hydrogens is 250 g/mol. The summed E-state index contributed by atoms with van der Waals surface area (Å²) in [5.41, 5.74) is 3.45. The van der Waals surface area contributed by atoms with Crippen molar-refractivity contribution in [3.05, 3.63) is 41.0 Å². The van der Waals surface area contributed by atoms with E-state index in [4.69, 9.17) is 20.9 Å². The van der Waals surface area contributed by atoms with Crippen LogP contribution in [0.5, 0.6) is 0 Å². The number of rotatable bonds is 4. The van der Waals surface area contributed by atoms with Crippen molar-refractivity contribution in [1.82, 2.24) is 0 Å². The predicted octanol–water partition coefficient (Wildman–Crippen LogP) is 3.18. The number of halogens is 1. The van der Waals surface area contributed by atoms with Crippen molar-refractivity contribution in [2.45, 2.75) is 18.6 Å². The molecule has 0 heterocycles. The number of aliphatic imine (C=N–C) groups is 1. The van der Waals surface area contributed by atoms with Crippen molar-refractivity contribution in [3.63, 3.8) is 0 Å². The fraction of sp³-hybridized carbons (Fsp3) is 0.357. The maximum absolute atomic E-state index is 5.48. The lowest BCUT2D eigenvalue weighted by Gasteiger charge is -2.19. The summed E-state index contributed by atoms with van der Waals surface area (Å²) in [7, 11) is 3.42. The van der Waals surface area contributed by atoms with Gasteiger partial charge in [0.15, 0.2) is 0 Å². The van der Waals surface area contributed by atoms with Gasteiger partial charge in [0.25, 0.3) is 0 Å². The summed E-state index contributed by atoms with van der Waals surface area (Å²) in [5.74, 6) is 0. The highest BCUT2D eigenvalue weighted by Crippen LogP contribution is 2.26. The van der Waals surface area contributed by atoms with E-state index in [-0.39, 0.29) is 12.2 Å². The Balaban J connectivity index is 2.28. The van der Waals surface area contributed by atoms with Gasteiger partial charge in [0.2, 0.25) is 0 Å². The van der Waals surface area contributed by atoms with Crippen molar-refractivity contribution in [2.75, 3.05) is 14.2 Å². The Bertz CT molecular complexity index is 471. The average molecular weight is 266 g/mol. The Morgan fingerprint density at radius 2 is 2.33 bits per heavy atom. The zero-order valence-corrected chi connectivity index (χ0v) is 11.2. The quantitative estimate of drug-likeness (QED) is 0.783. The maximum Gasteiger partial charge on any atom is 0.139 e. The normalized spacial score (nSPS) is 20.1. The van der Waals surface area contributed by atoms with Crippen LogP contribution in [0.4, 0.5) is 0 Å². The third kappa shape index (κ3) is 2.80. The van der Waals surface area contributed by atoms with Gasteiger partial charge in [-0.1, -0.05) is 24.3 Å². The van der Waals surface area contributed by atoms with Gasteiger partial charge < -0.3 is 4.74 Å². The van der Waals surface area contributed by atoms with Crippen LogP contribution in [-0.2, 0) is 15.4 Å². The van der Waals surface area contributed by atoms with Gasteiger partial charge in [-0.25, -0.2) is 0 Å². The number of fused-ring (bicyclic) bond motifs is 1. The molecule has 0 spiro atoms. The summed E-state index contributed by atoms with van der Waals surface area (Å²) in [6, 6.07) is 6.18. The molecular formula is C14H16ClNO2. The molecule has 2 atom stereocenters. The van der Waals surface area contributed by atoms with Crippen LogP contribution >= 0.6 is 11.9 Å². The van der Waals surface area contributed by atoms with E-state index in [9.17, 15) is 0 Å². The van der Waals surface area contributed by atoms with Gasteiger partial charge in [0.05, 0.1) is 18.0 Å². The third-order valence-electron chi connectivity index (χ3n) is 3.09. The first kappa shape index (κ1) is 13.3. The van der Waals surface area contributed by atoms with Gasteiger partial charge >= 0.3 is 0 Å². The molecule has 0 aliphatic heterocycles. The van der Waals surface area contributed by atoms with Gasteiger partial charge in [0.1, 0.15) is 6.10 Å². The molecule has 0 amide bonds. The molecule has 1 aromatic rings. The molecule has 0 saturated heterocycles. The summed E-state index contributed by atoms with van der Waals surface area (Å²) in [6.45, 7) is 0. The summed E-state index contributed by atoms with van der Waals surface area (Å²) in [5, 5.41) is 0. The average Bonchev–Trinajstić information content (AvgIpc) is 2.43. The first-order chi connectivity index (χ1) is 8.78. The summed E-state index contributed by atoms with van der Waals surface area (Å²) in [4.78, 5) is 3.95. The summed E-state index contributed by atoms with van der Waals surface area (Å²) >= 11 is 5.48. The van der Waals surface area contributed by atoms with Crippen molar-refractivity contribution in [2.24, 2.45) is 4.99 Å².